The molecule has 5 fully saturated rings. The van der Waals surface area contributed by atoms with Gasteiger partial charge in [-0.3, -0.25) is 4.79 Å². The van der Waals surface area contributed by atoms with Gasteiger partial charge in [0.25, 0.3) is 0 Å². The fraction of sp³-hybridized carbons (Fsp3) is 0.967. The van der Waals surface area contributed by atoms with Crippen LogP contribution in [0.4, 0.5) is 0 Å². The van der Waals surface area contributed by atoms with Crippen molar-refractivity contribution in [3.05, 3.63) is 0 Å². The number of aliphatic hydroxyl groups is 2. The highest BCUT2D eigenvalue weighted by Crippen LogP contribution is 2.75. The van der Waals surface area contributed by atoms with Crippen molar-refractivity contribution >= 4 is 5.78 Å². The van der Waals surface area contributed by atoms with Crippen LogP contribution in [0.2, 0.25) is 0 Å². The molecule has 2 N–H and O–H groups in total. The van der Waals surface area contributed by atoms with E-state index in [1.807, 2.05) is 0 Å². The highest BCUT2D eigenvalue weighted by Gasteiger charge is 2.70. The molecule has 34 heavy (non-hydrogen) atoms. The third-order valence-electron chi connectivity index (χ3n) is 13.3. The Hall–Kier alpha value is -0.450. The number of aliphatic hydroxyl groups excluding tert-OH is 1. The third kappa shape index (κ3) is 3.09. The van der Waals surface area contributed by atoms with E-state index < -0.39 is 5.60 Å². The number of ketones is 1. The minimum absolute atomic E-state index is 0.186. The van der Waals surface area contributed by atoms with E-state index in [4.69, 9.17) is 4.74 Å². The summed E-state index contributed by atoms with van der Waals surface area (Å²) in [6.07, 6.45) is 10.8. The Morgan fingerprint density at radius 1 is 0.853 bits per heavy atom. The average molecular weight is 475 g/mol. The van der Waals surface area contributed by atoms with Gasteiger partial charge in [-0.15, -0.1) is 0 Å². The highest BCUT2D eigenvalue weighted by atomic mass is 16.5. The summed E-state index contributed by atoms with van der Waals surface area (Å²) in [5.74, 6) is 2.85. The maximum Gasteiger partial charge on any atom is 0.138 e. The summed E-state index contributed by atoms with van der Waals surface area (Å²) in [6, 6.07) is 0. The number of carbonyl (C=O) groups is 1. The molecule has 194 valence electrons. The predicted molar refractivity (Wildman–Crippen MR) is 134 cm³/mol. The molecule has 4 heteroatoms. The Bertz CT molecular complexity index is 849. The van der Waals surface area contributed by atoms with Gasteiger partial charge in [0.15, 0.2) is 0 Å². The fourth-order valence-corrected chi connectivity index (χ4v) is 10.9. The largest absolute Gasteiger partial charge is 0.393 e. The van der Waals surface area contributed by atoms with E-state index in [1.165, 1.54) is 38.5 Å². The number of fused-ring (bicyclic) bond motifs is 5. The molecule has 1 saturated heterocycles. The van der Waals surface area contributed by atoms with Crippen molar-refractivity contribution in [3.8, 4) is 0 Å². The molecule has 0 aromatic rings. The quantitative estimate of drug-likeness (QED) is 0.533. The summed E-state index contributed by atoms with van der Waals surface area (Å²) in [6.45, 7) is 16.0. The Labute approximate surface area is 207 Å². The summed E-state index contributed by atoms with van der Waals surface area (Å²) < 4.78 is 6.65. The van der Waals surface area contributed by atoms with Crippen LogP contribution >= 0.6 is 0 Å². The first-order valence-corrected chi connectivity index (χ1v) is 14.2. The fourth-order valence-electron chi connectivity index (χ4n) is 10.9. The molecule has 0 spiro atoms. The molecule has 0 aromatic heterocycles. The Balaban J connectivity index is 1.43. The lowest BCUT2D eigenvalue weighted by atomic mass is 9.35. The van der Waals surface area contributed by atoms with Gasteiger partial charge in [0.05, 0.1) is 18.3 Å². The zero-order valence-electron chi connectivity index (χ0n) is 22.9. The maximum absolute atomic E-state index is 12.9. The molecule has 4 nitrogen and oxygen atoms in total. The highest BCUT2D eigenvalue weighted by molar-refractivity contribution is 5.85. The number of Topliss-reactive ketones (excluding diaryl/α,β-unsaturated/α-hetero) is 1. The van der Waals surface area contributed by atoms with Crippen LogP contribution in [0.1, 0.15) is 113 Å². The molecular weight excluding hydrogens is 424 g/mol. The lowest BCUT2D eigenvalue weighted by molar-refractivity contribution is -0.211. The number of rotatable bonds is 3. The number of ether oxygens (including phenoxy) is 1. The number of carbonyl (C=O) groups excluding carboxylic acids is 1. The molecular formula is C30H50O4. The number of hydrogen-bond acceptors (Lipinski definition) is 4. The maximum atomic E-state index is 12.9. The first kappa shape index (κ1) is 25.2. The third-order valence-corrected chi connectivity index (χ3v) is 13.3. The Morgan fingerprint density at radius 2 is 1.53 bits per heavy atom. The molecule has 10 atom stereocenters. The van der Waals surface area contributed by atoms with Crippen molar-refractivity contribution in [3.63, 3.8) is 0 Å². The van der Waals surface area contributed by atoms with Crippen LogP contribution in [0.3, 0.4) is 0 Å². The molecule has 5 rings (SSSR count). The van der Waals surface area contributed by atoms with Crippen molar-refractivity contribution in [2.75, 3.05) is 6.61 Å². The normalized spacial score (nSPS) is 54.1. The van der Waals surface area contributed by atoms with Crippen LogP contribution in [0, 0.1) is 45.3 Å². The van der Waals surface area contributed by atoms with Crippen LogP contribution in [-0.4, -0.2) is 39.9 Å². The molecule has 0 aromatic carbocycles. The van der Waals surface area contributed by atoms with Crippen LogP contribution in [0.5, 0.6) is 0 Å². The zero-order chi connectivity index (χ0) is 24.9. The van der Waals surface area contributed by atoms with E-state index in [0.717, 1.165) is 25.7 Å². The lowest BCUT2D eigenvalue weighted by Crippen LogP contribution is -2.63. The monoisotopic (exact) mass is 474 g/mol. The second kappa shape index (κ2) is 7.54. The number of hydrogen-bond donors (Lipinski definition) is 2. The Morgan fingerprint density at radius 3 is 2.21 bits per heavy atom. The molecule has 5 aliphatic rings. The van der Waals surface area contributed by atoms with Gasteiger partial charge < -0.3 is 14.9 Å². The van der Waals surface area contributed by atoms with E-state index in [-0.39, 0.29) is 29.1 Å². The molecule has 4 saturated carbocycles. The molecule has 4 aliphatic carbocycles. The summed E-state index contributed by atoms with van der Waals surface area (Å²) in [7, 11) is 0. The van der Waals surface area contributed by atoms with E-state index >= 15 is 0 Å². The van der Waals surface area contributed by atoms with Crippen molar-refractivity contribution in [1.29, 1.82) is 0 Å². The van der Waals surface area contributed by atoms with Gasteiger partial charge in [-0.05, 0) is 112 Å². The second-order valence-electron chi connectivity index (χ2n) is 14.9. The SMILES string of the molecule is CC(O)(CO)[C@H]1CC[C@@](C)([C@H]2CC[C@]3(C)[C@@H]2CC[C@@H]2[C@@]4(C)CCC(=O)C(C)(C)[C@@H]4CC[C@]23C)O1. The summed E-state index contributed by atoms with van der Waals surface area (Å²) in [4.78, 5) is 12.9. The van der Waals surface area contributed by atoms with Gasteiger partial charge >= 0.3 is 0 Å². The predicted octanol–water partition coefficient (Wildman–Crippen LogP) is 5.92. The van der Waals surface area contributed by atoms with E-state index in [9.17, 15) is 15.0 Å². The average Bonchev–Trinajstić information content (AvgIpc) is 3.34. The van der Waals surface area contributed by atoms with E-state index in [0.29, 0.717) is 40.3 Å². The van der Waals surface area contributed by atoms with Crippen molar-refractivity contribution < 1.29 is 19.7 Å². The van der Waals surface area contributed by atoms with Crippen LogP contribution < -0.4 is 0 Å². The summed E-state index contributed by atoms with van der Waals surface area (Å²) >= 11 is 0. The molecule has 0 amide bonds. The van der Waals surface area contributed by atoms with Gasteiger partial charge in [-0.2, -0.15) is 0 Å². The summed E-state index contributed by atoms with van der Waals surface area (Å²) in [5, 5.41) is 20.4. The van der Waals surface area contributed by atoms with Gasteiger partial charge in [0.2, 0.25) is 0 Å². The molecule has 0 radical (unpaired) electrons. The van der Waals surface area contributed by atoms with Crippen molar-refractivity contribution in [2.24, 2.45) is 45.3 Å². The van der Waals surface area contributed by atoms with Gasteiger partial charge in [-0.1, -0.05) is 34.6 Å². The summed E-state index contributed by atoms with van der Waals surface area (Å²) in [5.41, 5.74) is -0.706. The van der Waals surface area contributed by atoms with Crippen molar-refractivity contribution in [1.82, 2.24) is 0 Å². The van der Waals surface area contributed by atoms with Gasteiger partial charge in [-0.25, -0.2) is 0 Å². The topological polar surface area (TPSA) is 66.8 Å². The molecule has 1 aliphatic heterocycles. The molecule has 0 bridgehead atoms. The zero-order valence-corrected chi connectivity index (χ0v) is 22.9. The van der Waals surface area contributed by atoms with Crippen LogP contribution in [0.25, 0.3) is 0 Å². The van der Waals surface area contributed by atoms with Crippen LogP contribution in [-0.2, 0) is 9.53 Å². The van der Waals surface area contributed by atoms with Crippen LogP contribution in [0.15, 0.2) is 0 Å². The Kier molecular flexibility index (Phi) is 5.59. The second-order valence-corrected chi connectivity index (χ2v) is 14.9. The van der Waals surface area contributed by atoms with E-state index in [2.05, 4.69) is 41.5 Å². The first-order valence-electron chi connectivity index (χ1n) is 14.2. The van der Waals surface area contributed by atoms with Crippen molar-refractivity contribution in [2.45, 2.75) is 130 Å². The molecule has 1 unspecified atom stereocenters. The molecule has 1 heterocycles. The smallest absolute Gasteiger partial charge is 0.138 e. The van der Waals surface area contributed by atoms with Gasteiger partial charge in [0.1, 0.15) is 11.4 Å². The lowest BCUT2D eigenvalue weighted by Gasteiger charge is -2.69. The minimum atomic E-state index is -1.17. The van der Waals surface area contributed by atoms with E-state index in [1.54, 1.807) is 6.92 Å². The first-order chi connectivity index (χ1) is 15.7. The van der Waals surface area contributed by atoms with Gasteiger partial charge in [0, 0.05) is 11.8 Å². The minimum Gasteiger partial charge on any atom is -0.393 e. The standard InChI is InChI=1S/C30H50O4/c1-25(2)21-11-16-28(5)22(26(21,3)14-12-23(25)32)9-8-19-20(10-15-27(19,28)4)30(7)17-13-24(34-30)29(6,33)18-31/h19-22,24,31,33H,8-18H2,1-7H3/t19-,20+,21+,22-,24-,26+,27-,28-,29?,30+/m1/s1.